The van der Waals surface area contributed by atoms with Gasteiger partial charge in [0.2, 0.25) is 10.0 Å². The Labute approximate surface area is 113 Å². The van der Waals surface area contributed by atoms with Gasteiger partial charge in [-0.05, 0) is 26.3 Å². The van der Waals surface area contributed by atoms with E-state index in [1.807, 2.05) is 13.8 Å². The first-order valence-electron chi connectivity index (χ1n) is 6.02. The average molecular weight is 291 g/mol. The van der Waals surface area contributed by atoms with Gasteiger partial charge < -0.3 is 5.11 Å². The van der Waals surface area contributed by atoms with Gasteiger partial charge in [0.15, 0.2) is 0 Å². The van der Waals surface area contributed by atoms with Gasteiger partial charge >= 0.3 is 0 Å². The monoisotopic (exact) mass is 291 g/mol. The molecular formula is C12H21NO3S2. The van der Waals surface area contributed by atoms with Crippen LogP contribution in [-0.4, -0.2) is 30.9 Å². The summed E-state index contributed by atoms with van der Waals surface area (Å²) in [6, 6.07) is 1.56. The minimum Gasteiger partial charge on any atom is -0.391 e. The Bertz CT molecular complexity index is 493. The van der Waals surface area contributed by atoms with Crippen molar-refractivity contribution in [2.45, 2.75) is 51.2 Å². The molecule has 1 unspecified atom stereocenters. The van der Waals surface area contributed by atoms with Crippen molar-refractivity contribution >= 4 is 21.4 Å². The van der Waals surface area contributed by atoms with Crippen LogP contribution in [0.2, 0.25) is 0 Å². The number of aliphatic hydroxyl groups excluding tert-OH is 1. The molecule has 0 fully saturated rings. The van der Waals surface area contributed by atoms with Crippen molar-refractivity contribution in [1.82, 2.24) is 4.31 Å². The van der Waals surface area contributed by atoms with Crippen LogP contribution < -0.4 is 0 Å². The largest absolute Gasteiger partial charge is 0.391 e. The molecule has 0 amide bonds. The molecule has 0 radical (unpaired) electrons. The van der Waals surface area contributed by atoms with Crippen LogP contribution in [0.25, 0.3) is 0 Å². The van der Waals surface area contributed by atoms with Crippen LogP contribution in [-0.2, 0) is 16.6 Å². The first-order valence-corrected chi connectivity index (χ1v) is 8.28. The second-order valence-corrected chi connectivity index (χ2v) is 7.76. The summed E-state index contributed by atoms with van der Waals surface area (Å²) >= 11 is 1.33. The molecule has 1 aromatic heterocycles. The topological polar surface area (TPSA) is 57.6 Å². The van der Waals surface area contributed by atoms with Crippen molar-refractivity contribution in [2.75, 3.05) is 7.05 Å². The Morgan fingerprint density at radius 3 is 2.56 bits per heavy atom. The summed E-state index contributed by atoms with van der Waals surface area (Å²) in [4.78, 5) is 1.74. The molecule has 6 heteroatoms. The quantitative estimate of drug-likeness (QED) is 0.875. The van der Waals surface area contributed by atoms with Gasteiger partial charge in [0.1, 0.15) is 0 Å². The molecule has 0 saturated heterocycles. The summed E-state index contributed by atoms with van der Waals surface area (Å²) < 4.78 is 26.3. The number of aryl methyl sites for hydroxylation is 1. The molecule has 0 aliphatic carbocycles. The van der Waals surface area contributed by atoms with E-state index < -0.39 is 10.0 Å². The molecule has 0 aliphatic rings. The summed E-state index contributed by atoms with van der Waals surface area (Å²) in [5.74, 6) is 0. The van der Waals surface area contributed by atoms with Crippen molar-refractivity contribution in [3.8, 4) is 0 Å². The summed E-state index contributed by atoms with van der Waals surface area (Å²) in [6.07, 6.45) is 1.79. The van der Waals surface area contributed by atoms with Gasteiger partial charge in [-0.3, -0.25) is 0 Å². The second-order valence-electron chi connectivity index (χ2n) is 4.45. The number of rotatable bonds is 6. The van der Waals surface area contributed by atoms with Crippen LogP contribution in [0.1, 0.15) is 36.4 Å². The highest BCUT2D eigenvalue weighted by Gasteiger charge is 2.27. The Morgan fingerprint density at radius 1 is 1.50 bits per heavy atom. The summed E-state index contributed by atoms with van der Waals surface area (Å²) in [7, 11) is -1.83. The number of hydrogen-bond donors (Lipinski definition) is 1. The lowest BCUT2D eigenvalue weighted by molar-refractivity contribution is 0.285. The zero-order chi connectivity index (χ0) is 13.9. The lowest BCUT2D eigenvalue weighted by Crippen LogP contribution is -2.35. The molecule has 4 nitrogen and oxygen atoms in total. The summed E-state index contributed by atoms with van der Waals surface area (Å²) in [5, 5.41) is 9.08. The molecule has 1 N–H and O–H groups in total. The first-order chi connectivity index (χ1) is 8.34. The SMILES string of the molecule is CCCC(C)N(C)S(=O)(=O)c1cc(CO)sc1C. The Hall–Kier alpha value is -0.430. The summed E-state index contributed by atoms with van der Waals surface area (Å²) in [6.45, 7) is 5.61. The van der Waals surface area contributed by atoms with Gasteiger partial charge in [0, 0.05) is 22.8 Å². The van der Waals surface area contributed by atoms with Crippen molar-refractivity contribution in [2.24, 2.45) is 0 Å². The third-order valence-electron chi connectivity index (χ3n) is 3.06. The van der Waals surface area contributed by atoms with Crippen molar-refractivity contribution in [3.05, 3.63) is 15.8 Å². The van der Waals surface area contributed by atoms with Gasteiger partial charge in [0.05, 0.1) is 11.5 Å². The van der Waals surface area contributed by atoms with E-state index in [1.54, 1.807) is 20.0 Å². The van der Waals surface area contributed by atoms with Crippen LogP contribution in [0.4, 0.5) is 0 Å². The van der Waals surface area contributed by atoms with Crippen molar-refractivity contribution in [1.29, 1.82) is 0 Å². The van der Waals surface area contributed by atoms with Crippen LogP contribution in [0.3, 0.4) is 0 Å². The Balaban J connectivity index is 3.08. The third kappa shape index (κ3) is 3.12. The van der Waals surface area contributed by atoms with Crippen LogP contribution in [0.15, 0.2) is 11.0 Å². The van der Waals surface area contributed by atoms with E-state index >= 15 is 0 Å². The molecule has 1 atom stereocenters. The van der Waals surface area contributed by atoms with Crippen LogP contribution >= 0.6 is 11.3 Å². The Morgan fingerprint density at radius 2 is 2.11 bits per heavy atom. The molecular weight excluding hydrogens is 270 g/mol. The van der Waals surface area contributed by atoms with Gasteiger partial charge in [-0.2, -0.15) is 4.31 Å². The number of aliphatic hydroxyl groups is 1. The maximum atomic E-state index is 12.4. The summed E-state index contributed by atoms with van der Waals surface area (Å²) in [5.41, 5.74) is 0. The van der Waals surface area contributed by atoms with E-state index in [1.165, 1.54) is 15.6 Å². The van der Waals surface area contributed by atoms with E-state index in [0.29, 0.717) is 9.77 Å². The number of nitrogens with zero attached hydrogens (tertiary/aromatic N) is 1. The highest BCUT2D eigenvalue weighted by molar-refractivity contribution is 7.89. The maximum Gasteiger partial charge on any atom is 0.244 e. The van der Waals surface area contributed by atoms with Gasteiger partial charge in [-0.1, -0.05) is 13.3 Å². The zero-order valence-electron chi connectivity index (χ0n) is 11.3. The first kappa shape index (κ1) is 15.6. The Kier molecular flexibility index (Phi) is 5.33. The highest BCUT2D eigenvalue weighted by atomic mass is 32.2. The molecule has 0 aliphatic heterocycles. The molecule has 1 rings (SSSR count). The molecule has 0 aromatic carbocycles. The molecule has 0 bridgehead atoms. The maximum absolute atomic E-state index is 12.4. The lowest BCUT2D eigenvalue weighted by Gasteiger charge is -2.23. The fourth-order valence-electron chi connectivity index (χ4n) is 1.85. The lowest BCUT2D eigenvalue weighted by atomic mass is 10.2. The third-order valence-corrected chi connectivity index (χ3v) is 6.33. The van der Waals surface area contributed by atoms with Crippen molar-refractivity contribution in [3.63, 3.8) is 0 Å². The van der Waals surface area contributed by atoms with Crippen molar-refractivity contribution < 1.29 is 13.5 Å². The molecule has 1 aromatic rings. The predicted molar refractivity (Wildman–Crippen MR) is 74.3 cm³/mol. The normalized spacial score (nSPS) is 14.1. The second kappa shape index (κ2) is 6.14. The fourth-order valence-corrected chi connectivity index (χ4v) is 4.70. The van der Waals surface area contributed by atoms with Crippen LogP contribution in [0, 0.1) is 6.92 Å². The van der Waals surface area contributed by atoms with E-state index in [-0.39, 0.29) is 12.6 Å². The highest BCUT2D eigenvalue weighted by Crippen LogP contribution is 2.29. The minimum atomic E-state index is -3.45. The number of thiophene rings is 1. The number of sulfonamides is 1. The average Bonchev–Trinajstić information content (AvgIpc) is 2.70. The van der Waals surface area contributed by atoms with E-state index in [9.17, 15) is 8.42 Å². The van der Waals surface area contributed by atoms with Gasteiger partial charge in [0.25, 0.3) is 0 Å². The molecule has 104 valence electrons. The van der Waals surface area contributed by atoms with E-state index in [2.05, 4.69) is 0 Å². The standard InChI is InChI=1S/C12H21NO3S2/c1-5-6-9(2)13(4)18(15,16)12-7-11(8-14)17-10(12)3/h7,9,14H,5-6,8H2,1-4H3. The van der Waals surface area contributed by atoms with Gasteiger partial charge in [-0.25, -0.2) is 8.42 Å². The van der Waals surface area contributed by atoms with Gasteiger partial charge in [-0.15, -0.1) is 11.3 Å². The van der Waals surface area contributed by atoms with Crippen LogP contribution in [0.5, 0.6) is 0 Å². The molecule has 1 heterocycles. The molecule has 0 saturated carbocycles. The fraction of sp³-hybridized carbons (Fsp3) is 0.667. The van der Waals surface area contributed by atoms with E-state index in [0.717, 1.165) is 17.7 Å². The van der Waals surface area contributed by atoms with E-state index in [4.69, 9.17) is 5.11 Å². The molecule has 0 spiro atoms. The zero-order valence-corrected chi connectivity index (χ0v) is 12.9. The molecule has 18 heavy (non-hydrogen) atoms. The predicted octanol–water partition coefficient (Wildman–Crippen LogP) is 2.36. The smallest absolute Gasteiger partial charge is 0.244 e. The number of hydrogen-bond acceptors (Lipinski definition) is 4. The minimum absolute atomic E-state index is 0.0168.